The fourth-order valence-corrected chi connectivity index (χ4v) is 7.08. The highest BCUT2D eigenvalue weighted by molar-refractivity contribution is 6.13. The van der Waals surface area contributed by atoms with Crippen LogP contribution in [0.1, 0.15) is 68.7 Å². The number of aliphatic imine (C=N–C) groups is 1. The highest BCUT2D eigenvalue weighted by Gasteiger charge is 2.37. The lowest BCUT2D eigenvalue weighted by Gasteiger charge is -2.38. The van der Waals surface area contributed by atoms with E-state index in [2.05, 4.69) is 64.9 Å². The van der Waals surface area contributed by atoms with Gasteiger partial charge in [0.15, 0.2) is 0 Å². The van der Waals surface area contributed by atoms with Crippen molar-refractivity contribution >= 4 is 22.6 Å². The number of amidine groups is 1. The molecule has 0 radical (unpaired) electrons. The van der Waals surface area contributed by atoms with Crippen LogP contribution in [0.5, 0.6) is 5.75 Å². The van der Waals surface area contributed by atoms with E-state index in [0.717, 1.165) is 114 Å². The third kappa shape index (κ3) is 5.48. The van der Waals surface area contributed by atoms with Crippen molar-refractivity contribution in [2.75, 3.05) is 40.3 Å². The van der Waals surface area contributed by atoms with Crippen molar-refractivity contribution in [3.05, 3.63) is 47.0 Å². The Kier molecular flexibility index (Phi) is 7.87. The summed E-state index contributed by atoms with van der Waals surface area (Å²) in [6.07, 6.45) is 6.32. The SMILES string of the molecule is C=C1Cc2[nH]c3cc(-c4c(C)noc4C)c(OC)cc3c2C(NC(C(=O)N2CCN(C)CC2)C2CCCCC2)=NC1(C)C. The van der Waals surface area contributed by atoms with Gasteiger partial charge in [0.2, 0.25) is 5.91 Å². The molecule has 2 N–H and O–H groups in total. The van der Waals surface area contributed by atoms with E-state index in [0.29, 0.717) is 6.42 Å². The van der Waals surface area contributed by atoms with Crippen molar-refractivity contribution in [1.29, 1.82) is 0 Å². The van der Waals surface area contributed by atoms with Crippen LogP contribution in [0, 0.1) is 19.8 Å². The maximum absolute atomic E-state index is 14.3. The van der Waals surface area contributed by atoms with Crippen LogP contribution in [-0.2, 0) is 11.2 Å². The molecular formula is C34H46N6O3. The quantitative estimate of drug-likeness (QED) is 0.389. The topological polar surface area (TPSA) is 99.0 Å². The highest BCUT2D eigenvalue weighted by atomic mass is 16.5. The number of ether oxygens (including phenoxy) is 1. The highest BCUT2D eigenvalue weighted by Crippen LogP contribution is 2.41. The minimum atomic E-state index is -0.497. The van der Waals surface area contributed by atoms with Crippen LogP contribution in [0.25, 0.3) is 22.0 Å². The molecule has 0 bridgehead atoms. The monoisotopic (exact) mass is 586 g/mol. The van der Waals surface area contributed by atoms with Gasteiger partial charge < -0.3 is 29.4 Å². The fraction of sp³-hybridized carbons (Fsp3) is 0.559. The first-order valence-corrected chi connectivity index (χ1v) is 15.8. The number of carbonyl (C=O) groups is 1. The molecule has 6 rings (SSSR count). The summed E-state index contributed by atoms with van der Waals surface area (Å²) in [6, 6.07) is 3.88. The Balaban J connectivity index is 1.47. The van der Waals surface area contributed by atoms with Crippen molar-refractivity contribution < 1.29 is 14.1 Å². The van der Waals surface area contributed by atoms with Gasteiger partial charge in [-0.3, -0.25) is 9.79 Å². The number of H-pyrrole nitrogens is 1. The number of nitrogens with zero attached hydrogens (tertiary/aromatic N) is 4. The van der Waals surface area contributed by atoms with Gasteiger partial charge in [0, 0.05) is 60.3 Å². The van der Waals surface area contributed by atoms with Crippen LogP contribution in [0.4, 0.5) is 0 Å². The molecule has 1 saturated heterocycles. The van der Waals surface area contributed by atoms with Crippen LogP contribution in [-0.4, -0.2) is 83.6 Å². The fourth-order valence-electron chi connectivity index (χ4n) is 7.08. The van der Waals surface area contributed by atoms with Gasteiger partial charge in [-0.2, -0.15) is 0 Å². The molecule has 1 aromatic carbocycles. The van der Waals surface area contributed by atoms with E-state index in [1.165, 1.54) is 6.42 Å². The standard InChI is InChI=1S/C34H46N6O3/c1-20-17-27-30(24-19-28(42-7)25(18-26(24)35-27)29-21(2)38-43-22(29)3)32(37-34(20,4)5)36-31(23-11-9-8-10-12-23)33(41)40-15-13-39(6)14-16-40/h18-19,23,31,35H,1,8-17H2,2-7H3,(H,36,37). The minimum Gasteiger partial charge on any atom is -0.496 e. The number of rotatable bonds is 5. The molecule has 230 valence electrons. The van der Waals surface area contributed by atoms with Gasteiger partial charge in [0.1, 0.15) is 23.4 Å². The minimum absolute atomic E-state index is 0.197. The van der Waals surface area contributed by atoms with Crippen molar-refractivity contribution in [3.63, 3.8) is 0 Å². The lowest BCUT2D eigenvalue weighted by Crippen LogP contribution is -2.57. The van der Waals surface area contributed by atoms with E-state index in [-0.39, 0.29) is 17.9 Å². The zero-order valence-corrected chi connectivity index (χ0v) is 26.6. The van der Waals surface area contributed by atoms with Gasteiger partial charge in [-0.15, -0.1) is 0 Å². The summed E-state index contributed by atoms with van der Waals surface area (Å²) in [5.41, 5.74) is 6.23. The van der Waals surface area contributed by atoms with Crippen LogP contribution < -0.4 is 10.1 Å². The van der Waals surface area contributed by atoms with E-state index in [4.69, 9.17) is 14.3 Å². The Labute approximate surface area is 254 Å². The third-order valence-corrected chi connectivity index (χ3v) is 9.88. The Morgan fingerprint density at radius 2 is 1.86 bits per heavy atom. The first-order valence-electron chi connectivity index (χ1n) is 15.8. The number of likely N-dealkylation sites (N-methyl/N-ethyl adjacent to an activating group) is 1. The Morgan fingerprint density at radius 3 is 2.51 bits per heavy atom. The molecule has 9 heteroatoms. The summed E-state index contributed by atoms with van der Waals surface area (Å²) in [5, 5.41) is 8.99. The van der Waals surface area contributed by atoms with Crippen LogP contribution in [0.3, 0.4) is 0 Å². The lowest BCUT2D eigenvalue weighted by molar-refractivity contribution is -0.136. The Hall–Kier alpha value is -3.59. The van der Waals surface area contributed by atoms with Crippen LogP contribution in [0.2, 0.25) is 0 Å². The Morgan fingerprint density at radius 1 is 1.14 bits per heavy atom. The second-order valence-corrected chi connectivity index (χ2v) is 13.2. The molecule has 9 nitrogen and oxygen atoms in total. The van der Waals surface area contributed by atoms with Gasteiger partial charge in [0.05, 0.1) is 23.9 Å². The predicted molar refractivity (Wildman–Crippen MR) is 171 cm³/mol. The number of fused-ring (bicyclic) bond motifs is 3. The van der Waals surface area contributed by atoms with Gasteiger partial charge in [-0.05, 0) is 71.2 Å². The number of piperazine rings is 1. The molecule has 43 heavy (non-hydrogen) atoms. The zero-order chi connectivity index (χ0) is 30.5. The molecule has 3 aromatic rings. The predicted octanol–water partition coefficient (Wildman–Crippen LogP) is 5.40. The first-order chi connectivity index (χ1) is 20.6. The molecule has 1 saturated carbocycles. The van der Waals surface area contributed by atoms with E-state index in [1.54, 1.807) is 7.11 Å². The molecule has 1 aliphatic carbocycles. The average molecular weight is 587 g/mol. The maximum Gasteiger partial charge on any atom is 0.245 e. The first kappa shape index (κ1) is 29.5. The summed E-state index contributed by atoms with van der Waals surface area (Å²) in [6.45, 7) is 15.9. The number of aromatic nitrogens is 2. The van der Waals surface area contributed by atoms with Crippen molar-refractivity contribution in [1.82, 2.24) is 25.3 Å². The number of aromatic amines is 1. The molecule has 1 atom stereocenters. The summed E-state index contributed by atoms with van der Waals surface area (Å²) in [5.74, 6) is 2.72. The van der Waals surface area contributed by atoms with Crippen molar-refractivity contribution in [3.8, 4) is 16.9 Å². The smallest absolute Gasteiger partial charge is 0.245 e. The number of carbonyl (C=O) groups excluding carboxylic acids is 1. The number of hydrogen-bond donors (Lipinski definition) is 2. The summed E-state index contributed by atoms with van der Waals surface area (Å²) in [4.78, 5) is 27.7. The third-order valence-electron chi connectivity index (χ3n) is 9.88. The molecule has 4 heterocycles. The van der Waals surface area contributed by atoms with Crippen LogP contribution >= 0.6 is 0 Å². The number of amides is 1. The number of aryl methyl sites for hydroxylation is 2. The molecule has 1 amide bonds. The van der Waals surface area contributed by atoms with Gasteiger partial charge in [0.25, 0.3) is 0 Å². The molecule has 2 aromatic heterocycles. The zero-order valence-electron chi connectivity index (χ0n) is 26.6. The summed E-state index contributed by atoms with van der Waals surface area (Å²) in [7, 11) is 3.82. The second kappa shape index (κ2) is 11.5. The van der Waals surface area contributed by atoms with E-state index in [1.807, 2.05) is 13.8 Å². The van der Waals surface area contributed by atoms with E-state index >= 15 is 0 Å². The summed E-state index contributed by atoms with van der Waals surface area (Å²) >= 11 is 0. The normalized spacial score (nSPS) is 20.5. The molecule has 0 spiro atoms. The number of hydrogen-bond acceptors (Lipinski definition) is 7. The maximum atomic E-state index is 14.3. The molecule has 3 aliphatic rings. The molecular weight excluding hydrogens is 540 g/mol. The van der Waals surface area contributed by atoms with Crippen molar-refractivity contribution in [2.24, 2.45) is 10.9 Å². The lowest BCUT2D eigenvalue weighted by atomic mass is 9.83. The largest absolute Gasteiger partial charge is 0.496 e. The number of benzene rings is 1. The van der Waals surface area contributed by atoms with Gasteiger partial charge in [-0.25, -0.2) is 0 Å². The van der Waals surface area contributed by atoms with E-state index in [9.17, 15) is 4.79 Å². The van der Waals surface area contributed by atoms with Crippen molar-refractivity contribution in [2.45, 2.75) is 77.8 Å². The molecule has 2 fully saturated rings. The Bertz CT molecular complexity index is 1550. The summed E-state index contributed by atoms with van der Waals surface area (Å²) < 4.78 is 11.5. The van der Waals surface area contributed by atoms with Crippen LogP contribution in [0.15, 0.2) is 33.8 Å². The molecule has 1 unspecified atom stereocenters. The number of methoxy groups -OCH3 is 1. The number of nitrogens with one attached hydrogen (secondary N) is 2. The van der Waals surface area contributed by atoms with Gasteiger partial charge in [-0.1, -0.05) is 31.0 Å². The van der Waals surface area contributed by atoms with Gasteiger partial charge >= 0.3 is 0 Å². The second-order valence-electron chi connectivity index (χ2n) is 13.2. The van der Waals surface area contributed by atoms with E-state index < -0.39 is 5.54 Å². The molecule has 2 aliphatic heterocycles. The average Bonchev–Trinajstić information content (AvgIpc) is 3.49.